The van der Waals surface area contributed by atoms with Crippen molar-refractivity contribution in [3.05, 3.63) is 36.4 Å². The predicted octanol–water partition coefficient (Wildman–Crippen LogP) is 2.06. The maximum Gasteiger partial charge on any atom is 0.225 e. The van der Waals surface area contributed by atoms with E-state index in [1.54, 1.807) is 0 Å². The van der Waals surface area contributed by atoms with Crippen molar-refractivity contribution >= 4 is 5.95 Å². The minimum Gasteiger partial charge on any atom is -0.341 e. The van der Waals surface area contributed by atoms with Gasteiger partial charge in [-0.15, -0.1) is 0 Å². The van der Waals surface area contributed by atoms with Crippen molar-refractivity contribution in [2.45, 2.75) is 13.3 Å². The highest BCUT2D eigenvalue weighted by atomic mass is 15.3. The zero-order valence-corrected chi connectivity index (χ0v) is 9.80. The Morgan fingerprint density at radius 2 is 1.76 bits per heavy atom. The largest absolute Gasteiger partial charge is 0.341 e. The summed E-state index contributed by atoms with van der Waals surface area (Å²) in [5.41, 5.74) is 3.24. The quantitative estimate of drug-likeness (QED) is 0.786. The van der Waals surface area contributed by atoms with Gasteiger partial charge in [-0.1, -0.05) is 0 Å². The molecule has 0 aliphatic carbocycles. The molecule has 1 aliphatic heterocycles. The molecule has 0 unspecified atom stereocenters. The standard InChI is InChI=1S/C13H14N4/c1-10-5-11(7-14-6-10)12-8-15-13(16-9-12)17-3-2-4-17/h5-9H,2-4H2,1H3. The lowest BCUT2D eigenvalue weighted by atomic mass is 10.1. The fourth-order valence-corrected chi connectivity index (χ4v) is 1.86. The van der Waals surface area contributed by atoms with E-state index in [0.717, 1.165) is 35.7 Å². The minimum absolute atomic E-state index is 0.834. The van der Waals surface area contributed by atoms with Gasteiger partial charge in [0.15, 0.2) is 0 Å². The summed E-state index contributed by atoms with van der Waals surface area (Å²) in [6.45, 7) is 4.18. The van der Waals surface area contributed by atoms with Gasteiger partial charge >= 0.3 is 0 Å². The lowest BCUT2D eigenvalue weighted by Crippen LogP contribution is -2.38. The van der Waals surface area contributed by atoms with Crippen molar-refractivity contribution in [2.24, 2.45) is 0 Å². The van der Waals surface area contributed by atoms with Crippen LogP contribution in [0.3, 0.4) is 0 Å². The van der Waals surface area contributed by atoms with Gasteiger partial charge in [-0.25, -0.2) is 9.97 Å². The first-order chi connectivity index (χ1) is 8.33. The molecule has 0 bridgehead atoms. The smallest absolute Gasteiger partial charge is 0.225 e. The normalized spacial score (nSPS) is 14.5. The van der Waals surface area contributed by atoms with Gasteiger partial charge in [-0.3, -0.25) is 4.98 Å². The van der Waals surface area contributed by atoms with Crippen LogP contribution in [-0.4, -0.2) is 28.0 Å². The molecule has 86 valence electrons. The highest BCUT2D eigenvalue weighted by Gasteiger charge is 2.16. The van der Waals surface area contributed by atoms with E-state index < -0.39 is 0 Å². The van der Waals surface area contributed by atoms with Crippen LogP contribution < -0.4 is 4.90 Å². The number of anilines is 1. The zero-order valence-electron chi connectivity index (χ0n) is 9.80. The number of hydrogen-bond acceptors (Lipinski definition) is 4. The third kappa shape index (κ3) is 1.98. The van der Waals surface area contributed by atoms with E-state index in [4.69, 9.17) is 0 Å². The second kappa shape index (κ2) is 4.13. The van der Waals surface area contributed by atoms with Crippen molar-refractivity contribution < 1.29 is 0 Å². The van der Waals surface area contributed by atoms with E-state index in [0.29, 0.717) is 0 Å². The van der Waals surface area contributed by atoms with Crippen molar-refractivity contribution in [2.75, 3.05) is 18.0 Å². The first-order valence-electron chi connectivity index (χ1n) is 5.82. The average Bonchev–Trinajstić information content (AvgIpc) is 2.28. The summed E-state index contributed by atoms with van der Waals surface area (Å²) >= 11 is 0. The van der Waals surface area contributed by atoms with Gasteiger partial charge in [0.1, 0.15) is 0 Å². The third-order valence-electron chi connectivity index (χ3n) is 2.99. The molecule has 0 aromatic carbocycles. The molecule has 2 aromatic rings. The number of rotatable bonds is 2. The topological polar surface area (TPSA) is 41.9 Å². The third-order valence-corrected chi connectivity index (χ3v) is 2.99. The number of hydrogen-bond donors (Lipinski definition) is 0. The molecule has 2 aromatic heterocycles. The maximum atomic E-state index is 4.39. The van der Waals surface area contributed by atoms with Crippen LogP contribution in [0.25, 0.3) is 11.1 Å². The highest BCUT2D eigenvalue weighted by molar-refractivity contribution is 5.61. The van der Waals surface area contributed by atoms with Gasteiger partial charge in [-0.05, 0) is 25.0 Å². The van der Waals surface area contributed by atoms with E-state index in [1.807, 2.05) is 31.7 Å². The van der Waals surface area contributed by atoms with Gasteiger partial charge in [0.25, 0.3) is 0 Å². The summed E-state index contributed by atoms with van der Waals surface area (Å²) in [5.74, 6) is 0.834. The van der Waals surface area contributed by atoms with Gasteiger partial charge in [0.05, 0.1) is 0 Å². The Bertz CT molecular complexity index is 517. The van der Waals surface area contributed by atoms with Gasteiger partial charge in [0, 0.05) is 49.0 Å². The Morgan fingerprint density at radius 1 is 1.00 bits per heavy atom. The monoisotopic (exact) mass is 226 g/mol. The first kappa shape index (κ1) is 10.2. The van der Waals surface area contributed by atoms with Crippen LogP contribution in [0.4, 0.5) is 5.95 Å². The number of aryl methyl sites for hydroxylation is 1. The summed E-state index contributed by atoms with van der Waals surface area (Å²) < 4.78 is 0. The fourth-order valence-electron chi connectivity index (χ4n) is 1.86. The zero-order chi connectivity index (χ0) is 11.7. The van der Waals surface area contributed by atoms with E-state index in [-0.39, 0.29) is 0 Å². The van der Waals surface area contributed by atoms with Crippen LogP contribution in [-0.2, 0) is 0 Å². The summed E-state index contributed by atoms with van der Waals surface area (Å²) in [6, 6.07) is 2.09. The van der Waals surface area contributed by atoms with E-state index >= 15 is 0 Å². The molecule has 1 fully saturated rings. The summed E-state index contributed by atoms with van der Waals surface area (Å²) in [5, 5.41) is 0. The Balaban J connectivity index is 1.88. The first-order valence-corrected chi connectivity index (χ1v) is 5.82. The van der Waals surface area contributed by atoms with Gasteiger partial charge in [-0.2, -0.15) is 0 Å². The molecule has 0 atom stereocenters. The van der Waals surface area contributed by atoms with E-state index in [1.165, 1.54) is 6.42 Å². The van der Waals surface area contributed by atoms with Crippen molar-refractivity contribution in [3.8, 4) is 11.1 Å². The van der Waals surface area contributed by atoms with Crippen LogP contribution in [0, 0.1) is 6.92 Å². The highest BCUT2D eigenvalue weighted by Crippen LogP contribution is 2.20. The van der Waals surface area contributed by atoms with Crippen LogP contribution in [0.15, 0.2) is 30.9 Å². The Hall–Kier alpha value is -1.97. The maximum absolute atomic E-state index is 4.39. The number of pyridine rings is 1. The van der Waals surface area contributed by atoms with Gasteiger partial charge < -0.3 is 4.90 Å². The molecular formula is C13H14N4. The van der Waals surface area contributed by atoms with Crippen LogP contribution in [0.1, 0.15) is 12.0 Å². The molecule has 1 aliphatic rings. The summed E-state index contributed by atoms with van der Waals surface area (Å²) in [7, 11) is 0. The SMILES string of the molecule is Cc1cncc(-c2cnc(N3CCC3)nc2)c1. The lowest BCUT2D eigenvalue weighted by molar-refractivity contribution is 0.600. The molecule has 1 saturated heterocycles. The summed E-state index contributed by atoms with van der Waals surface area (Å²) in [6.07, 6.45) is 8.68. The Labute approximate surface area is 100 Å². The Morgan fingerprint density at radius 3 is 2.35 bits per heavy atom. The molecule has 0 spiro atoms. The van der Waals surface area contributed by atoms with Crippen molar-refractivity contribution in [3.63, 3.8) is 0 Å². The second-order valence-electron chi connectivity index (χ2n) is 4.36. The lowest BCUT2D eigenvalue weighted by Gasteiger charge is -2.30. The van der Waals surface area contributed by atoms with Crippen LogP contribution in [0.2, 0.25) is 0 Å². The molecule has 4 nitrogen and oxygen atoms in total. The molecule has 0 amide bonds. The average molecular weight is 226 g/mol. The molecule has 17 heavy (non-hydrogen) atoms. The van der Waals surface area contributed by atoms with Gasteiger partial charge in [0.2, 0.25) is 5.95 Å². The second-order valence-corrected chi connectivity index (χ2v) is 4.36. The minimum atomic E-state index is 0.834. The predicted molar refractivity (Wildman–Crippen MR) is 66.8 cm³/mol. The molecule has 4 heteroatoms. The molecule has 0 N–H and O–H groups in total. The molecule has 3 heterocycles. The van der Waals surface area contributed by atoms with E-state index in [2.05, 4.69) is 25.9 Å². The molecular weight excluding hydrogens is 212 g/mol. The van der Waals surface area contributed by atoms with Crippen LogP contribution >= 0.6 is 0 Å². The summed E-state index contributed by atoms with van der Waals surface area (Å²) in [4.78, 5) is 15.1. The van der Waals surface area contributed by atoms with Crippen molar-refractivity contribution in [1.82, 2.24) is 15.0 Å². The fraction of sp³-hybridized carbons (Fsp3) is 0.308. The number of nitrogens with zero attached hydrogens (tertiary/aromatic N) is 4. The van der Waals surface area contributed by atoms with E-state index in [9.17, 15) is 0 Å². The Kier molecular flexibility index (Phi) is 2.48. The molecule has 3 rings (SSSR count). The number of aromatic nitrogens is 3. The molecule has 0 radical (unpaired) electrons. The molecule has 0 saturated carbocycles. The van der Waals surface area contributed by atoms with Crippen molar-refractivity contribution in [1.29, 1.82) is 0 Å². The van der Waals surface area contributed by atoms with Crippen LogP contribution in [0.5, 0.6) is 0 Å².